The summed E-state index contributed by atoms with van der Waals surface area (Å²) in [6, 6.07) is 25.9. The van der Waals surface area contributed by atoms with E-state index in [1.807, 2.05) is 72.8 Å². The van der Waals surface area contributed by atoms with Gasteiger partial charge in [-0.1, -0.05) is 48.5 Å². The zero-order chi connectivity index (χ0) is 20.8. The van der Waals surface area contributed by atoms with E-state index in [9.17, 15) is 9.59 Å². The van der Waals surface area contributed by atoms with Crippen molar-refractivity contribution in [2.24, 2.45) is 0 Å². The molecule has 2 aromatic heterocycles. The van der Waals surface area contributed by atoms with Gasteiger partial charge in [0.05, 0.1) is 12.2 Å². The highest BCUT2D eigenvalue weighted by Crippen LogP contribution is 2.18. The van der Waals surface area contributed by atoms with E-state index >= 15 is 0 Å². The number of para-hydroxylation sites is 1. The van der Waals surface area contributed by atoms with Crippen LogP contribution in [0.2, 0.25) is 0 Å². The van der Waals surface area contributed by atoms with Crippen molar-refractivity contribution >= 4 is 11.6 Å². The minimum absolute atomic E-state index is 0.153. The SMILES string of the molecule is O=C(Cn1nc(-c2ccncc2)ccc1=O)N(Cc1ccccc1)c1ccccc1. The van der Waals surface area contributed by atoms with Gasteiger partial charge in [-0.3, -0.25) is 14.6 Å². The van der Waals surface area contributed by atoms with Gasteiger partial charge in [0.1, 0.15) is 6.54 Å². The van der Waals surface area contributed by atoms with E-state index in [-0.39, 0.29) is 18.0 Å². The molecule has 0 aliphatic heterocycles. The van der Waals surface area contributed by atoms with E-state index in [0.717, 1.165) is 16.8 Å². The summed E-state index contributed by atoms with van der Waals surface area (Å²) in [6.07, 6.45) is 3.32. The molecular formula is C24H20N4O2. The predicted molar refractivity (Wildman–Crippen MR) is 116 cm³/mol. The van der Waals surface area contributed by atoms with Gasteiger partial charge in [-0.2, -0.15) is 5.10 Å². The Labute approximate surface area is 174 Å². The third kappa shape index (κ3) is 4.50. The molecule has 1 amide bonds. The highest BCUT2D eigenvalue weighted by atomic mass is 16.2. The molecule has 0 aliphatic carbocycles. The van der Waals surface area contributed by atoms with Crippen LogP contribution in [-0.2, 0) is 17.9 Å². The molecule has 0 radical (unpaired) electrons. The smallest absolute Gasteiger partial charge is 0.267 e. The maximum atomic E-state index is 13.2. The van der Waals surface area contributed by atoms with Crippen LogP contribution in [-0.4, -0.2) is 20.7 Å². The molecule has 4 aromatic rings. The quantitative estimate of drug-likeness (QED) is 0.500. The van der Waals surface area contributed by atoms with Crippen LogP contribution in [0.15, 0.2) is 102 Å². The monoisotopic (exact) mass is 396 g/mol. The van der Waals surface area contributed by atoms with Crippen LogP contribution >= 0.6 is 0 Å². The van der Waals surface area contributed by atoms with Gasteiger partial charge >= 0.3 is 0 Å². The molecule has 0 fully saturated rings. The first kappa shape index (κ1) is 19.3. The Kier molecular flexibility index (Phi) is 5.75. The molecule has 2 heterocycles. The topological polar surface area (TPSA) is 68.1 Å². The van der Waals surface area contributed by atoms with Crippen molar-refractivity contribution in [1.29, 1.82) is 0 Å². The first-order valence-corrected chi connectivity index (χ1v) is 9.58. The summed E-state index contributed by atoms with van der Waals surface area (Å²) in [4.78, 5) is 31.3. The Balaban J connectivity index is 1.63. The van der Waals surface area contributed by atoms with Gasteiger partial charge in [-0.05, 0) is 35.9 Å². The predicted octanol–water partition coefficient (Wildman–Crippen LogP) is 3.54. The summed E-state index contributed by atoms with van der Waals surface area (Å²) < 4.78 is 1.21. The van der Waals surface area contributed by atoms with Crippen LogP contribution < -0.4 is 10.5 Å². The fourth-order valence-electron chi connectivity index (χ4n) is 3.15. The van der Waals surface area contributed by atoms with Crippen molar-refractivity contribution in [2.75, 3.05) is 4.90 Å². The molecule has 0 atom stereocenters. The largest absolute Gasteiger partial charge is 0.306 e. The van der Waals surface area contributed by atoms with E-state index in [4.69, 9.17) is 0 Å². The highest BCUT2D eigenvalue weighted by Gasteiger charge is 2.18. The zero-order valence-electron chi connectivity index (χ0n) is 16.3. The summed E-state index contributed by atoms with van der Waals surface area (Å²) >= 11 is 0. The number of benzene rings is 2. The Hall–Kier alpha value is -4.06. The Morgan fingerprint density at radius 1 is 0.833 bits per heavy atom. The molecular weight excluding hydrogens is 376 g/mol. The van der Waals surface area contributed by atoms with Gasteiger partial charge in [0.2, 0.25) is 5.91 Å². The zero-order valence-corrected chi connectivity index (χ0v) is 16.3. The number of hydrogen-bond donors (Lipinski definition) is 0. The van der Waals surface area contributed by atoms with Gasteiger partial charge < -0.3 is 4.90 Å². The molecule has 0 aliphatic rings. The van der Waals surface area contributed by atoms with Gasteiger partial charge in [-0.25, -0.2) is 4.68 Å². The van der Waals surface area contributed by atoms with E-state index in [1.165, 1.54) is 10.7 Å². The normalized spacial score (nSPS) is 10.5. The third-order valence-corrected chi connectivity index (χ3v) is 4.68. The Bertz CT molecular complexity index is 1180. The lowest BCUT2D eigenvalue weighted by Crippen LogP contribution is -2.37. The average molecular weight is 396 g/mol. The fourth-order valence-corrected chi connectivity index (χ4v) is 3.15. The molecule has 0 unspecified atom stereocenters. The minimum Gasteiger partial charge on any atom is -0.306 e. The summed E-state index contributed by atoms with van der Waals surface area (Å²) in [5, 5.41) is 4.39. The molecule has 6 nitrogen and oxygen atoms in total. The summed E-state index contributed by atoms with van der Waals surface area (Å²) in [7, 11) is 0. The van der Waals surface area contributed by atoms with Crippen LogP contribution in [0, 0.1) is 0 Å². The molecule has 148 valence electrons. The molecule has 0 N–H and O–H groups in total. The first-order valence-electron chi connectivity index (χ1n) is 9.58. The standard InChI is InChI=1S/C24H20N4O2/c29-23-12-11-22(20-13-15-25-16-14-20)26-28(23)18-24(30)27(21-9-5-2-6-10-21)17-19-7-3-1-4-8-19/h1-16H,17-18H2. The highest BCUT2D eigenvalue weighted by molar-refractivity contribution is 5.93. The van der Waals surface area contributed by atoms with Crippen LogP contribution in [0.1, 0.15) is 5.56 Å². The number of hydrogen-bond acceptors (Lipinski definition) is 4. The lowest BCUT2D eigenvalue weighted by molar-refractivity contribution is -0.119. The van der Waals surface area contributed by atoms with Crippen molar-refractivity contribution in [3.8, 4) is 11.3 Å². The molecule has 0 saturated carbocycles. The second-order valence-electron chi connectivity index (χ2n) is 6.75. The lowest BCUT2D eigenvalue weighted by atomic mass is 10.2. The number of carbonyl (C=O) groups is 1. The second kappa shape index (κ2) is 8.96. The van der Waals surface area contributed by atoms with E-state index in [0.29, 0.717) is 12.2 Å². The third-order valence-electron chi connectivity index (χ3n) is 4.68. The molecule has 6 heteroatoms. The van der Waals surface area contributed by atoms with Crippen LogP contribution in [0.25, 0.3) is 11.3 Å². The van der Waals surface area contributed by atoms with Crippen molar-refractivity contribution in [1.82, 2.24) is 14.8 Å². The van der Waals surface area contributed by atoms with Crippen molar-refractivity contribution in [2.45, 2.75) is 13.1 Å². The number of carbonyl (C=O) groups excluding carboxylic acids is 1. The van der Waals surface area contributed by atoms with Gasteiger partial charge in [0.25, 0.3) is 5.56 Å². The Morgan fingerprint density at radius 2 is 1.50 bits per heavy atom. The fraction of sp³-hybridized carbons (Fsp3) is 0.0833. The number of anilines is 1. The molecule has 2 aromatic carbocycles. The molecule has 0 spiro atoms. The second-order valence-corrected chi connectivity index (χ2v) is 6.75. The number of pyridine rings is 1. The first-order chi connectivity index (χ1) is 14.7. The summed E-state index contributed by atoms with van der Waals surface area (Å²) in [6.45, 7) is 0.252. The average Bonchev–Trinajstić information content (AvgIpc) is 2.80. The minimum atomic E-state index is -0.325. The Morgan fingerprint density at radius 3 is 2.20 bits per heavy atom. The van der Waals surface area contributed by atoms with Crippen molar-refractivity contribution in [3.05, 3.63) is 113 Å². The maximum absolute atomic E-state index is 13.2. The lowest BCUT2D eigenvalue weighted by Gasteiger charge is -2.23. The van der Waals surface area contributed by atoms with Crippen molar-refractivity contribution < 1.29 is 4.79 Å². The summed E-state index contributed by atoms with van der Waals surface area (Å²) in [5.74, 6) is -0.216. The maximum Gasteiger partial charge on any atom is 0.267 e. The van der Waals surface area contributed by atoms with E-state index < -0.39 is 0 Å². The van der Waals surface area contributed by atoms with Gasteiger partial charge in [0, 0.05) is 29.7 Å². The van der Waals surface area contributed by atoms with Crippen molar-refractivity contribution in [3.63, 3.8) is 0 Å². The number of nitrogens with zero attached hydrogens (tertiary/aromatic N) is 4. The number of aromatic nitrogens is 3. The van der Waals surface area contributed by atoms with Crippen LogP contribution in [0.3, 0.4) is 0 Å². The van der Waals surface area contributed by atoms with Crippen LogP contribution in [0.5, 0.6) is 0 Å². The molecule has 0 saturated heterocycles. The molecule has 0 bridgehead atoms. The summed E-state index contributed by atoms with van der Waals surface area (Å²) in [5.41, 5.74) is 2.88. The van der Waals surface area contributed by atoms with Gasteiger partial charge in [0.15, 0.2) is 0 Å². The van der Waals surface area contributed by atoms with E-state index in [1.54, 1.807) is 23.4 Å². The van der Waals surface area contributed by atoms with Gasteiger partial charge in [-0.15, -0.1) is 0 Å². The molecule has 30 heavy (non-hydrogen) atoms. The number of amides is 1. The van der Waals surface area contributed by atoms with Crippen LogP contribution in [0.4, 0.5) is 5.69 Å². The number of rotatable bonds is 6. The van der Waals surface area contributed by atoms with E-state index in [2.05, 4.69) is 10.1 Å². The molecule has 4 rings (SSSR count).